The zero-order valence-corrected chi connectivity index (χ0v) is 8.03. The van der Waals surface area contributed by atoms with Crippen molar-refractivity contribution in [2.45, 2.75) is 18.2 Å². The van der Waals surface area contributed by atoms with Crippen molar-refractivity contribution in [3.8, 4) is 0 Å². The van der Waals surface area contributed by atoms with Crippen LogP contribution in [0.5, 0.6) is 0 Å². The molecule has 1 atom stereocenters. The Morgan fingerprint density at radius 1 is 0.941 bits per heavy atom. The monoisotopic (exact) mass is 256 g/mol. The van der Waals surface area contributed by atoms with Gasteiger partial charge in [-0.05, 0) is 23.8 Å². The Hall–Kier alpha value is -1.21. The van der Waals surface area contributed by atoms with Gasteiger partial charge in [-0.25, -0.2) is 4.39 Å². The summed E-state index contributed by atoms with van der Waals surface area (Å²) in [6.07, 6.45) is -9.86. The van der Waals surface area contributed by atoms with Crippen LogP contribution < -0.4 is 0 Å². The third-order valence-electron chi connectivity index (χ3n) is 1.96. The number of hydrogen-bond acceptors (Lipinski definition) is 0. The lowest BCUT2D eigenvalue weighted by molar-refractivity contribution is -0.139. The van der Waals surface area contributed by atoms with Crippen molar-refractivity contribution < 1.29 is 30.7 Å². The fraction of sp³-hybridized carbons (Fsp3) is 0.333. The van der Waals surface area contributed by atoms with Gasteiger partial charge < -0.3 is 0 Å². The summed E-state index contributed by atoms with van der Waals surface area (Å²) in [5.41, 5.74) is -2.47. The molecule has 0 aliphatic heterocycles. The third kappa shape index (κ3) is 3.37. The van der Waals surface area contributed by atoms with E-state index < -0.39 is 35.1 Å². The van der Waals surface area contributed by atoms with Crippen molar-refractivity contribution in [2.24, 2.45) is 0 Å². The van der Waals surface area contributed by atoms with Crippen molar-refractivity contribution in [3.63, 3.8) is 0 Å². The first-order chi connectivity index (χ1) is 7.51. The first kappa shape index (κ1) is 13.9. The van der Waals surface area contributed by atoms with Crippen LogP contribution in [0.3, 0.4) is 0 Å². The van der Waals surface area contributed by atoms with E-state index in [0.717, 1.165) is 0 Å². The van der Waals surface area contributed by atoms with Crippen molar-refractivity contribution >= 4 is 7.85 Å². The zero-order chi connectivity index (χ0) is 13.4. The maximum Gasteiger partial charge on any atom is 0.416 e. The molecule has 0 bridgehead atoms. The van der Waals surface area contributed by atoms with Crippen LogP contribution in [0.1, 0.15) is 16.9 Å². The number of hydrogen-bond donors (Lipinski definition) is 0. The van der Waals surface area contributed by atoms with Crippen molar-refractivity contribution in [3.05, 3.63) is 35.1 Å². The molecule has 1 aromatic carbocycles. The van der Waals surface area contributed by atoms with Gasteiger partial charge in [0.25, 0.3) is 0 Å². The van der Waals surface area contributed by atoms with Gasteiger partial charge in [0.2, 0.25) is 0 Å². The minimum Gasteiger partial charge on any atom is -0.207 e. The molecule has 0 fully saturated rings. The lowest BCUT2D eigenvalue weighted by Crippen LogP contribution is -2.21. The zero-order valence-electron chi connectivity index (χ0n) is 8.03. The molecule has 92 valence electrons. The summed E-state index contributed by atoms with van der Waals surface area (Å²) < 4.78 is 85.9. The lowest BCUT2D eigenvalue weighted by atomic mass is 9.80. The normalized spacial score (nSPS) is 14.8. The minimum absolute atomic E-state index is 0.104. The molecule has 1 unspecified atom stereocenters. The number of benzene rings is 1. The van der Waals surface area contributed by atoms with E-state index in [-0.39, 0.29) is 12.1 Å². The summed E-state index contributed by atoms with van der Waals surface area (Å²) in [6, 6.07) is 0.612. The average Bonchev–Trinajstić information content (AvgIpc) is 2.12. The van der Waals surface area contributed by atoms with Crippen LogP contribution in [0.4, 0.5) is 30.7 Å². The summed E-state index contributed by atoms with van der Waals surface area (Å²) in [5.74, 6) is -4.08. The van der Waals surface area contributed by atoms with E-state index in [1.165, 1.54) is 0 Å². The molecule has 1 aromatic rings. The van der Waals surface area contributed by atoms with Crippen LogP contribution in [0.15, 0.2) is 18.2 Å². The summed E-state index contributed by atoms with van der Waals surface area (Å²) in [4.78, 5) is 0. The molecule has 0 saturated carbocycles. The molecule has 17 heavy (non-hydrogen) atoms. The van der Waals surface area contributed by atoms with Gasteiger partial charge in [0.15, 0.2) is 0 Å². The molecule has 0 nitrogen and oxygen atoms in total. The highest BCUT2D eigenvalue weighted by molar-refractivity contribution is 6.13. The Morgan fingerprint density at radius 3 is 1.88 bits per heavy atom. The van der Waals surface area contributed by atoms with Crippen molar-refractivity contribution in [1.82, 2.24) is 0 Å². The Kier molecular flexibility index (Phi) is 3.45. The number of alkyl halides is 6. The Balaban J connectivity index is 3.24. The van der Waals surface area contributed by atoms with Gasteiger partial charge in [-0.15, -0.1) is 0 Å². The van der Waals surface area contributed by atoms with E-state index in [1.54, 1.807) is 0 Å². The van der Waals surface area contributed by atoms with Gasteiger partial charge >= 0.3 is 12.4 Å². The van der Waals surface area contributed by atoms with Gasteiger partial charge in [-0.2, -0.15) is 26.3 Å². The third-order valence-corrected chi connectivity index (χ3v) is 1.96. The van der Waals surface area contributed by atoms with Crippen LogP contribution in [-0.4, -0.2) is 14.0 Å². The lowest BCUT2D eigenvalue weighted by Gasteiger charge is -2.18. The summed E-state index contributed by atoms with van der Waals surface area (Å²) in [6.45, 7) is 0. The highest BCUT2D eigenvalue weighted by atomic mass is 19.4. The molecule has 2 radical (unpaired) electrons. The van der Waals surface area contributed by atoms with Gasteiger partial charge in [0, 0.05) is 5.82 Å². The predicted molar refractivity (Wildman–Crippen MR) is 46.0 cm³/mol. The van der Waals surface area contributed by atoms with Crippen LogP contribution in [0.2, 0.25) is 0 Å². The van der Waals surface area contributed by atoms with E-state index in [2.05, 4.69) is 0 Å². The minimum atomic E-state index is -4.93. The van der Waals surface area contributed by atoms with Crippen LogP contribution in [0.25, 0.3) is 0 Å². The molecule has 0 aliphatic carbocycles. The molecule has 0 aliphatic rings. The highest BCUT2D eigenvalue weighted by Gasteiger charge is 2.38. The Labute approximate surface area is 92.8 Å². The molecular weight excluding hydrogens is 252 g/mol. The topological polar surface area (TPSA) is 0 Å². The molecule has 0 aromatic heterocycles. The van der Waals surface area contributed by atoms with Gasteiger partial charge in [0.1, 0.15) is 5.82 Å². The highest BCUT2D eigenvalue weighted by Crippen LogP contribution is 2.36. The van der Waals surface area contributed by atoms with Gasteiger partial charge in [-0.3, -0.25) is 0 Å². The molecule has 0 saturated heterocycles. The van der Waals surface area contributed by atoms with E-state index in [0.29, 0.717) is 6.07 Å². The Bertz CT molecular complexity index is 407. The quantitative estimate of drug-likeness (QED) is 0.531. The van der Waals surface area contributed by atoms with Gasteiger partial charge in [0.05, 0.1) is 13.4 Å². The molecule has 1 rings (SSSR count). The second-order valence-electron chi connectivity index (χ2n) is 3.29. The van der Waals surface area contributed by atoms with Crippen LogP contribution in [0, 0.1) is 5.82 Å². The Morgan fingerprint density at radius 2 is 1.47 bits per heavy atom. The molecule has 0 N–H and O–H groups in total. The fourth-order valence-electron chi connectivity index (χ4n) is 1.14. The second-order valence-corrected chi connectivity index (χ2v) is 3.29. The standard InChI is InChI=1S/C9H4BF7/c10-7(9(15,16)17)4-1-5(8(12,13)14)3-6(11)2-4/h1-3,7H. The molecule has 0 spiro atoms. The van der Waals surface area contributed by atoms with Crippen LogP contribution >= 0.6 is 0 Å². The first-order valence-electron chi connectivity index (χ1n) is 4.22. The maximum atomic E-state index is 12.8. The summed E-state index contributed by atoms with van der Waals surface area (Å²) >= 11 is 0. The van der Waals surface area contributed by atoms with Crippen molar-refractivity contribution in [2.75, 3.05) is 0 Å². The largest absolute Gasteiger partial charge is 0.416 e. The molecule has 0 heterocycles. The summed E-state index contributed by atoms with van der Waals surface area (Å²) in [7, 11) is 4.69. The van der Waals surface area contributed by atoms with E-state index in [4.69, 9.17) is 7.85 Å². The predicted octanol–water partition coefficient (Wildman–Crippen LogP) is 3.62. The van der Waals surface area contributed by atoms with E-state index >= 15 is 0 Å². The SMILES string of the molecule is [B]C(c1cc(F)cc(C(F)(F)F)c1)C(F)(F)F. The van der Waals surface area contributed by atoms with Crippen LogP contribution in [-0.2, 0) is 6.18 Å². The fourth-order valence-corrected chi connectivity index (χ4v) is 1.14. The smallest absolute Gasteiger partial charge is 0.207 e. The molecule has 0 amide bonds. The van der Waals surface area contributed by atoms with Gasteiger partial charge in [-0.1, -0.05) is 0 Å². The second kappa shape index (κ2) is 4.23. The number of rotatable bonds is 1. The van der Waals surface area contributed by atoms with E-state index in [1.807, 2.05) is 0 Å². The first-order valence-corrected chi connectivity index (χ1v) is 4.22. The summed E-state index contributed by atoms with van der Waals surface area (Å²) in [5, 5.41) is 0. The molecular formula is C9H4BF7. The van der Waals surface area contributed by atoms with E-state index in [9.17, 15) is 30.7 Å². The van der Waals surface area contributed by atoms with Crippen molar-refractivity contribution in [1.29, 1.82) is 0 Å². The average molecular weight is 256 g/mol. The molecule has 8 heteroatoms. The number of halogens is 7. The maximum absolute atomic E-state index is 12.8.